The van der Waals surface area contributed by atoms with E-state index in [2.05, 4.69) is 22.5 Å². The van der Waals surface area contributed by atoms with Gasteiger partial charge in [-0.1, -0.05) is 5.92 Å². The monoisotopic (exact) mass is 211 g/mol. The van der Waals surface area contributed by atoms with Crippen LogP contribution in [0.1, 0.15) is 27.2 Å². The number of hydrogen-bond acceptors (Lipinski definition) is 3. The second-order valence-electron chi connectivity index (χ2n) is 3.67. The maximum atomic E-state index is 11.4. The van der Waals surface area contributed by atoms with Crippen LogP contribution in [0.25, 0.3) is 0 Å². The third-order valence-electron chi connectivity index (χ3n) is 1.82. The van der Waals surface area contributed by atoms with Gasteiger partial charge in [-0.15, -0.1) is 5.92 Å². The third kappa shape index (κ3) is 7.98. The van der Waals surface area contributed by atoms with Crippen LogP contribution in [0.5, 0.6) is 0 Å². The van der Waals surface area contributed by atoms with E-state index in [1.54, 1.807) is 6.92 Å². The minimum atomic E-state index is 0.00426. The molecule has 0 aromatic heterocycles. The topological polar surface area (TPSA) is 67.1 Å². The fourth-order valence-corrected chi connectivity index (χ4v) is 1.13. The standard InChI is InChI=1S/C11H21N3O/c1-4-5-6-13-10(8-12)7-11(15)14-9(2)3/h9-10,13H,6-8,12H2,1-3H3,(H,14,15). The summed E-state index contributed by atoms with van der Waals surface area (Å²) in [5.41, 5.74) is 5.54. The summed E-state index contributed by atoms with van der Waals surface area (Å²) >= 11 is 0. The highest BCUT2D eigenvalue weighted by Crippen LogP contribution is 1.91. The molecule has 0 aliphatic heterocycles. The van der Waals surface area contributed by atoms with Crippen LogP contribution in [0.3, 0.4) is 0 Å². The lowest BCUT2D eigenvalue weighted by atomic mass is 10.2. The van der Waals surface area contributed by atoms with Crippen molar-refractivity contribution in [3.8, 4) is 11.8 Å². The molecule has 0 saturated carbocycles. The predicted molar refractivity (Wildman–Crippen MR) is 62.2 cm³/mol. The smallest absolute Gasteiger partial charge is 0.221 e. The summed E-state index contributed by atoms with van der Waals surface area (Å²) in [6.07, 6.45) is 0.403. The van der Waals surface area contributed by atoms with Gasteiger partial charge in [0, 0.05) is 25.0 Å². The summed E-state index contributed by atoms with van der Waals surface area (Å²) in [7, 11) is 0. The average molecular weight is 211 g/mol. The quantitative estimate of drug-likeness (QED) is 0.535. The van der Waals surface area contributed by atoms with Gasteiger partial charge in [0.25, 0.3) is 0 Å². The number of nitrogens with two attached hydrogens (primary N) is 1. The van der Waals surface area contributed by atoms with Crippen LogP contribution >= 0.6 is 0 Å². The van der Waals surface area contributed by atoms with E-state index in [9.17, 15) is 4.79 Å². The first-order valence-corrected chi connectivity index (χ1v) is 5.22. The molecule has 0 aromatic carbocycles. The molecule has 0 saturated heterocycles. The highest BCUT2D eigenvalue weighted by molar-refractivity contribution is 5.76. The zero-order chi connectivity index (χ0) is 11.7. The molecule has 15 heavy (non-hydrogen) atoms. The Balaban J connectivity index is 3.85. The first kappa shape index (κ1) is 13.9. The Bertz CT molecular complexity index is 240. The highest BCUT2D eigenvalue weighted by atomic mass is 16.1. The van der Waals surface area contributed by atoms with E-state index in [0.717, 1.165) is 0 Å². The summed E-state index contributed by atoms with van der Waals surface area (Å²) in [5.74, 6) is 5.68. The normalized spacial score (nSPS) is 11.8. The first-order valence-electron chi connectivity index (χ1n) is 5.22. The van der Waals surface area contributed by atoms with Gasteiger partial charge in [0.1, 0.15) is 0 Å². The van der Waals surface area contributed by atoms with Crippen molar-refractivity contribution in [2.75, 3.05) is 13.1 Å². The summed E-state index contributed by atoms with van der Waals surface area (Å²) < 4.78 is 0. The van der Waals surface area contributed by atoms with Crippen LogP contribution in [0, 0.1) is 11.8 Å². The van der Waals surface area contributed by atoms with Gasteiger partial charge < -0.3 is 16.4 Å². The molecular formula is C11H21N3O. The molecule has 0 heterocycles. The van der Waals surface area contributed by atoms with Gasteiger partial charge in [-0.05, 0) is 20.8 Å². The molecule has 86 valence electrons. The van der Waals surface area contributed by atoms with Crippen molar-refractivity contribution in [1.82, 2.24) is 10.6 Å². The zero-order valence-electron chi connectivity index (χ0n) is 9.76. The Labute approximate surface area is 92.0 Å². The van der Waals surface area contributed by atoms with E-state index in [4.69, 9.17) is 5.73 Å². The molecule has 0 spiro atoms. The van der Waals surface area contributed by atoms with E-state index < -0.39 is 0 Å². The van der Waals surface area contributed by atoms with Crippen molar-refractivity contribution in [2.45, 2.75) is 39.3 Å². The molecule has 0 rings (SSSR count). The lowest BCUT2D eigenvalue weighted by Crippen LogP contribution is -2.42. The predicted octanol–water partition coefficient (Wildman–Crippen LogP) is -0.159. The summed E-state index contributed by atoms with van der Waals surface area (Å²) in [5, 5.41) is 5.94. The SMILES string of the molecule is CC#CCNC(CN)CC(=O)NC(C)C. The Kier molecular flexibility index (Phi) is 7.69. The molecule has 0 fully saturated rings. The molecule has 1 atom stereocenters. The molecule has 0 aliphatic rings. The van der Waals surface area contributed by atoms with Gasteiger partial charge >= 0.3 is 0 Å². The minimum Gasteiger partial charge on any atom is -0.354 e. The molecule has 1 unspecified atom stereocenters. The van der Waals surface area contributed by atoms with Crippen molar-refractivity contribution < 1.29 is 4.79 Å². The summed E-state index contributed by atoms with van der Waals surface area (Å²) in [6, 6.07) is 0.177. The van der Waals surface area contributed by atoms with Crippen molar-refractivity contribution in [2.24, 2.45) is 5.73 Å². The van der Waals surface area contributed by atoms with Gasteiger partial charge in [0.15, 0.2) is 0 Å². The van der Waals surface area contributed by atoms with Gasteiger partial charge in [-0.25, -0.2) is 0 Å². The molecule has 0 aliphatic carbocycles. The Hall–Kier alpha value is -1.05. The molecule has 0 bridgehead atoms. The number of hydrogen-bond donors (Lipinski definition) is 3. The van der Waals surface area contributed by atoms with Gasteiger partial charge in [0.2, 0.25) is 5.91 Å². The number of amides is 1. The highest BCUT2D eigenvalue weighted by Gasteiger charge is 2.11. The van der Waals surface area contributed by atoms with Gasteiger partial charge in [0.05, 0.1) is 6.54 Å². The molecule has 4 nitrogen and oxygen atoms in total. The summed E-state index contributed by atoms with van der Waals surface area (Å²) in [4.78, 5) is 11.4. The fourth-order valence-electron chi connectivity index (χ4n) is 1.13. The zero-order valence-corrected chi connectivity index (χ0v) is 9.76. The van der Waals surface area contributed by atoms with Crippen LogP contribution in [0.2, 0.25) is 0 Å². The Morgan fingerprint density at radius 3 is 2.60 bits per heavy atom. The largest absolute Gasteiger partial charge is 0.354 e. The van der Waals surface area contributed by atoms with Crippen molar-refractivity contribution in [3.05, 3.63) is 0 Å². The molecule has 4 heteroatoms. The first-order chi connectivity index (χ1) is 7.10. The lowest BCUT2D eigenvalue weighted by Gasteiger charge is -2.16. The van der Waals surface area contributed by atoms with Crippen LogP contribution in [-0.4, -0.2) is 31.1 Å². The third-order valence-corrected chi connectivity index (χ3v) is 1.82. The van der Waals surface area contributed by atoms with Crippen molar-refractivity contribution >= 4 is 5.91 Å². The number of carbonyl (C=O) groups excluding carboxylic acids is 1. The van der Waals surface area contributed by atoms with E-state index in [1.807, 2.05) is 13.8 Å². The van der Waals surface area contributed by atoms with Crippen LogP contribution < -0.4 is 16.4 Å². The van der Waals surface area contributed by atoms with Crippen LogP contribution in [-0.2, 0) is 4.79 Å². The van der Waals surface area contributed by atoms with Gasteiger partial charge in [-0.2, -0.15) is 0 Å². The van der Waals surface area contributed by atoms with E-state index in [1.165, 1.54) is 0 Å². The second-order valence-corrected chi connectivity index (χ2v) is 3.67. The van der Waals surface area contributed by atoms with Crippen molar-refractivity contribution in [1.29, 1.82) is 0 Å². The van der Waals surface area contributed by atoms with E-state index >= 15 is 0 Å². The average Bonchev–Trinajstić information content (AvgIpc) is 2.15. The van der Waals surface area contributed by atoms with E-state index in [-0.39, 0.29) is 18.0 Å². The molecular weight excluding hydrogens is 190 g/mol. The number of rotatable bonds is 6. The summed E-state index contributed by atoms with van der Waals surface area (Å²) in [6.45, 7) is 6.67. The van der Waals surface area contributed by atoms with Gasteiger partial charge in [-0.3, -0.25) is 4.79 Å². The minimum absolute atomic E-state index is 0.00426. The van der Waals surface area contributed by atoms with Crippen LogP contribution in [0.4, 0.5) is 0 Å². The lowest BCUT2D eigenvalue weighted by molar-refractivity contribution is -0.122. The maximum absolute atomic E-state index is 11.4. The molecule has 0 aromatic rings. The molecule has 4 N–H and O–H groups in total. The Morgan fingerprint density at radius 2 is 2.13 bits per heavy atom. The van der Waals surface area contributed by atoms with Crippen molar-refractivity contribution in [3.63, 3.8) is 0 Å². The van der Waals surface area contributed by atoms with E-state index in [0.29, 0.717) is 19.5 Å². The fraction of sp³-hybridized carbons (Fsp3) is 0.727. The second kappa shape index (κ2) is 8.27. The number of carbonyl (C=O) groups is 1. The maximum Gasteiger partial charge on any atom is 0.221 e. The number of nitrogens with one attached hydrogen (secondary N) is 2. The molecule has 1 amide bonds. The van der Waals surface area contributed by atoms with Crippen LogP contribution in [0.15, 0.2) is 0 Å². The Morgan fingerprint density at radius 1 is 1.47 bits per heavy atom. The molecule has 0 radical (unpaired) electrons.